The minimum atomic E-state index is -0.949. The first-order valence-electron chi connectivity index (χ1n) is 4.78. The summed E-state index contributed by atoms with van der Waals surface area (Å²) >= 11 is 0. The summed E-state index contributed by atoms with van der Waals surface area (Å²) in [4.78, 5) is 21.9. The highest BCUT2D eigenvalue weighted by atomic mass is 16.4. The average molecular weight is 184 g/mol. The third kappa shape index (κ3) is 2.29. The van der Waals surface area contributed by atoms with Crippen LogP contribution < -0.4 is 0 Å². The Morgan fingerprint density at radius 1 is 1.54 bits per heavy atom. The SMILES string of the molecule is CC(C)C1CCC(=O)C(C(=O)O)C1. The van der Waals surface area contributed by atoms with E-state index < -0.39 is 11.9 Å². The summed E-state index contributed by atoms with van der Waals surface area (Å²) in [5.74, 6) is -0.894. The molecule has 0 bridgehead atoms. The molecule has 3 heteroatoms. The van der Waals surface area contributed by atoms with Crippen molar-refractivity contribution in [3.8, 4) is 0 Å². The quantitative estimate of drug-likeness (QED) is 0.665. The van der Waals surface area contributed by atoms with Gasteiger partial charge < -0.3 is 5.11 Å². The minimum absolute atomic E-state index is 0.0931. The number of carbonyl (C=O) groups is 2. The Kier molecular flexibility index (Phi) is 3.07. The van der Waals surface area contributed by atoms with Crippen LogP contribution in [0.25, 0.3) is 0 Å². The molecule has 74 valence electrons. The van der Waals surface area contributed by atoms with Gasteiger partial charge in [0, 0.05) is 6.42 Å². The maximum absolute atomic E-state index is 11.2. The van der Waals surface area contributed by atoms with Gasteiger partial charge in [0.15, 0.2) is 0 Å². The zero-order valence-electron chi connectivity index (χ0n) is 8.12. The fraction of sp³-hybridized carbons (Fsp3) is 0.800. The van der Waals surface area contributed by atoms with Crippen LogP contribution in [0.15, 0.2) is 0 Å². The number of carboxylic acids is 1. The van der Waals surface area contributed by atoms with Crippen LogP contribution in [0.4, 0.5) is 0 Å². The Morgan fingerprint density at radius 2 is 2.15 bits per heavy atom. The van der Waals surface area contributed by atoms with Gasteiger partial charge in [-0.15, -0.1) is 0 Å². The third-order valence-electron chi connectivity index (χ3n) is 2.93. The van der Waals surface area contributed by atoms with Crippen molar-refractivity contribution >= 4 is 11.8 Å². The number of rotatable bonds is 2. The second kappa shape index (κ2) is 3.90. The number of hydrogen-bond acceptors (Lipinski definition) is 2. The summed E-state index contributed by atoms with van der Waals surface area (Å²) in [6.07, 6.45) is 1.84. The van der Waals surface area contributed by atoms with Gasteiger partial charge in [0.1, 0.15) is 11.7 Å². The Morgan fingerprint density at radius 3 is 2.62 bits per heavy atom. The lowest BCUT2D eigenvalue weighted by Crippen LogP contribution is -2.32. The molecule has 0 radical (unpaired) electrons. The molecule has 3 nitrogen and oxygen atoms in total. The van der Waals surface area contributed by atoms with E-state index >= 15 is 0 Å². The molecule has 2 unspecified atom stereocenters. The Hall–Kier alpha value is -0.860. The second-order valence-electron chi connectivity index (χ2n) is 4.14. The molecular weight excluding hydrogens is 168 g/mol. The van der Waals surface area contributed by atoms with Gasteiger partial charge in [-0.1, -0.05) is 13.8 Å². The van der Waals surface area contributed by atoms with E-state index in [0.717, 1.165) is 6.42 Å². The zero-order valence-corrected chi connectivity index (χ0v) is 8.12. The standard InChI is InChI=1S/C10H16O3/c1-6(2)7-3-4-9(11)8(5-7)10(12)13/h6-8H,3-5H2,1-2H3,(H,12,13). The molecule has 1 aliphatic rings. The predicted molar refractivity (Wildman–Crippen MR) is 48.3 cm³/mol. The topological polar surface area (TPSA) is 54.4 Å². The van der Waals surface area contributed by atoms with Crippen molar-refractivity contribution < 1.29 is 14.7 Å². The highest BCUT2D eigenvalue weighted by Crippen LogP contribution is 2.31. The molecule has 1 aliphatic carbocycles. The van der Waals surface area contributed by atoms with Crippen molar-refractivity contribution in [3.63, 3.8) is 0 Å². The van der Waals surface area contributed by atoms with Crippen molar-refractivity contribution in [2.75, 3.05) is 0 Å². The summed E-state index contributed by atoms with van der Waals surface area (Å²) < 4.78 is 0. The van der Waals surface area contributed by atoms with Gasteiger partial charge >= 0.3 is 5.97 Å². The fourth-order valence-corrected chi connectivity index (χ4v) is 1.90. The Bertz CT molecular complexity index is 220. The van der Waals surface area contributed by atoms with E-state index in [9.17, 15) is 9.59 Å². The Balaban J connectivity index is 2.63. The predicted octanol–water partition coefficient (Wildman–Crippen LogP) is 1.71. The summed E-state index contributed by atoms with van der Waals surface area (Å²) in [5.41, 5.74) is 0. The minimum Gasteiger partial charge on any atom is -0.481 e. The van der Waals surface area contributed by atoms with E-state index in [1.54, 1.807) is 0 Å². The van der Waals surface area contributed by atoms with E-state index in [1.165, 1.54) is 0 Å². The number of Topliss-reactive ketones (excluding diaryl/α,β-unsaturated/α-hetero) is 1. The number of ketones is 1. The molecule has 0 aromatic heterocycles. The van der Waals surface area contributed by atoms with Crippen LogP contribution in [-0.2, 0) is 9.59 Å². The first kappa shape index (κ1) is 10.2. The van der Waals surface area contributed by atoms with Gasteiger partial charge in [-0.2, -0.15) is 0 Å². The van der Waals surface area contributed by atoms with Crippen LogP contribution >= 0.6 is 0 Å². The molecule has 1 rings (SSSR count). The van der Waals surface area contributed by atoms with Gasteiger partial charge in [0.2, 0.25) is 0 Å². The molecule has 1 saturated carbocycles. The maximum atomic E-state index is 11.2. The van der Waals surface area contributed by atoms with Crippen molar-refractivity contribution in [1.29, 1.82) is 0 Å². The van der Waals surface area contributed by atoms with Crippen molar-refractivity contribution in [2.45, 2.75) is 33.1 Å². The van der Waals surface area contributed by atoms with Gasteiger partial charge in [-0.25, -0.2) is 0 Å². The van der Waals surface area contributed by atoms with Crippen LogP contribution in [-0.4, -0.2) is 16.9 Å². The molecule has 0 saturated heterocycles. The zero-order chi connectivity index (χ0) is 10.0. The van der Waals surface area contributed by atoms with Gasteiger partial charge in [0.25, 0.3) is 0 Å². The first-order valence-corrected chi connectivity index (χ1v) is 4.78. The molecule has 13 heavy (non-hydrogen) atoms. The monoisotopic (exact) mass is 184 g/mol. The third-order valence-corrected chi connectivity index (χ3v) is 2.93. The lowest BCUT2D eigenvalue weighted by atomic mass is 9.75. The largest absolute Gasteiger partial charge is 0.481 e. The van der Waals surface area contributed by atoms with E-state index in [-0.39, 0.29) is 5.78 Å². The summed E-state index contributed by atoms with van der Waals surface area (Å²) in [6.45, 7) is 4.17. The summed E-state index contributed by atoms with van der Waals surface area (Å²) in [6, 6.07) is 0. The fourth-order valence-electron chi connectivity index (χ4n) is 1.90. The molecule has 1 N–H and O–H groups in total. The summed E-state index contributed by atoms with van der Waals surface area (Å²) in [5, 5.41) is 8.79. The van der Waals surface area contributed by atoms with E-state index in [2.05, 4.69) is 13.8 Å². The number of hydrogen-bond donors (Lipinski definition) is 1. The van der Waals surface area contributed by atoms with Crippen LogP contribution in [0.1, 0.15) is 33.1 Å². The highest BCUT2D eigenvalue weighted by molar-refractivity contribution is 5.98. The normalized spacial score (nSPS) is 29.3. The first-order chi connectivity index (χ1) is 6.02. The highest BCUT2D eigenvalue weighted by Gasteiger charge is 2.34. The molecule has 0 spiro atoms. The Labute approximate surface area is 78.1 Å². The lowest BCUT2D eigenvalue weighted by molar-refractivity contribution is -0.148. The average Bonchev–Trinajstić information content (AvgIpc) is 2.04. The molecule has 0 heterocycles. The molecule has 0 aromatic rings. The van der Waals surface area contributed by atoms with Crippen molar-refractivity contribution in [2.24, 2.45) is 17.8 Å². The van der Waals surface area contributed by atoms with Crippen molar-refractivity contribution in [1.82, 2.24) is 0 Å². The van der Waals surface area contributed by atoms with Gasteiger partial charge in [-0.3, -0.25) is 9.59 Å². The maximum Gasteiger partial charge on any atom is 0.314 e. The van der Waals surface area contributed by atoms with Crippen molar-refractivity contribution in [3.05, 3.63) is 0 Å². The molecule has 1 fully saturated rings. The van der Waals surface area contributed by atoms with Crippen LogP contribution in [0.3, 0.4) is 0 Å². The number of carboxylic acid groups (broad SMARTS) is 1. The van der Waals surface area contributed by atoms with Crippen LogP contribution in [0.5, 0.6) is 0 Å². The van der Waals surface area contributed by atoms with Gasteiger partial charge in [-0.05, 0) is 24.7 Å². The molecule has 0 amide bonds. The molecule has 0 aromatic carbocycles. The number of carbonyl (C=O) groups excluding carboxylic acids is 1. The molecular formula is C10H16O3. The van der Waals surface area contributed by atoms with E-state index in [4.69, 9.17) is 5.11 Å². The lowest BCUT2D eigenvalue weighted by Gasteiger charge is -2.28. The second-order valence-corrected chi connectivity index (χ2v) is 4.14. The summed E-state index contributed by atoms with van der Waals surface area (Å²) in [7, 11) is 0. The van der Waals surface area contributed by atoms with Crippen LogP contribution in [0, 0.1) is 17.8 Å². The smallest absolute Gasteiger partial charge is 0.314 e. The van der Waals surface area contributed by atoms with E-state index in [1.807, 2.05) is 0 Å². The van der Waals surface area contributed by atoms with Crippen LogP contribution in [0.2, 0.25) is 0 Å². The van der Waals surface area contributed by atoms with E-state index in [0.29, 0.717) is 24.7 Å². The molecule has 0 aliphatic heterocycles. The molecule has 2 atom stereocenters. The number of aliphatic carboxylic acids is 1. The van der Waals surface area contributed by atoms with Gasteiger partial charge in [0.05, 0.1) is 0 Å².